The van der Waals surface area contributed by atoms with Crippen molar-refractivity contribution in [2.45, 2.75) is 30.6 Å². The lowest BCUT2D eigenvalue weighted by atomic mass is 10.1. The second-order valence-corrected chi connectivity index (χ2v) is 7.70. The van der Waals surface area contributed by atoms with Gasteiger partial charge in [-0.15, -0.1) is 11.8 Å². The van der Waals surface area contributed by atoms with E-state index in [1.165, 1.54) is 35.3 Å². The van der Waals surface area contributed by atoms with Crippen molar-refractivity contribution in [3.63, 3.8) is 0 Å². The van der Waals surface area contributed by atoms with Crippen molar-refractivity contribution in [3.05, 3.63) is 53.1 Å². The van der Waals surface area contributed by atoms with E-state index < -0.39 is 0 Å². The first-order valence-corrected chi connectivity index (χ1v) is 10.2. The van der Waals surface area contributed by atoms with Crippen LogP contribution in [0.4, 0.5) is 0 Å². The Morgan fingerprint density at radius 1 is 1.00 bits per heavy atom. The number of hydrogen-bond acceptors (Lipinski definition) is 4. The summed E-state index contributed by atoms with van der Waals surface area (Å²) in [6, 6.07) is 12.6. The highest BCUT2D eigenvalue weighted by Crippen LogP contribution is 2.31. The highest BCUT2D eigenvalue weighted by Gasteiger charge is 2.13. The van der Waals surface area contributed by atoms with Crippen LogP contribution in [-0.2, 0) is 24.1 Å². The highest BCUT2D eigenvalue weighted by molar-refractivity contribution is 8.00. The van der Waals surface area contributed by atoms with Gasteiger partial charge in [-0.25, -0.2) is 0 Å². The Balaban J connectivity index is 1.22. The third kappa shape index (κ3) is 4.15. The van der Waals surface area contributed by atoms with E-state index in [4.69, 9.17) is 9.47 Å². The Morgan fingerprint density at radius 3 is 2.77 bits per heavy atom. The molecule has 0 radical (unpaired) electrons. The molecule has 26 heavy (non-hydrogen) atoms. The van der Waals surface area contributed by atoms with Crippen molar-refractivity contribution < 1.29 is 14.3 Å². The van der Waals surface area contributed by atoms with Crippen LogP contribution in [0, 0.1) is 0 Å². The summed E-state index contributed by atoms with van der Waals surface area (Å²) in [6.45, 7) is 1.82. The van der Waals surface area contributed by atoms with Crippen LogP contribution < -0.4 is 14.8 Å². The first kappa shape index (κ1) is 17.3. The van der Waals surface area contributed by atoms with Gasteiger partial charge in [-0.2, -0.15) is 0 Å². The zero-order chi connectivity index (χ0) is 17.8. The van der Waals surface area contributed by atoms with Crippen LogP contribution in [0.3, 0.4) is 0 Å². The lowest BCUT2D eigenvalue weighted by molar-refractivity contribution is -0.118. The molecular formula is C21H23NO3S. The maximum atomic E-state index is 12.1. The van der Waals surface area contributed by atoms with Crippen molar-refractivity contribution in [1.29, 1.82) is 0 Å². The van der Waals surface area contributed by atoms with Gasteiger partial charge >= 0.3 is 0 Å². The van der Waals surface area contributed by atoms with E-state index in [2.05, 4.69) is 23.5 Å². The molecule has 1 aliphatic heterocycles. The van der Waals surface area contributed by atoms with Gasteiger partial charge in [0.1, 0.15) is 13.2 Å². The second kappa shape index (κ2) is 8.04. The fourth-order valence-electron chi connectivity index (χ4n) is 3.43. The molecule has 4 nitrogen and oxygen atoms in total. The number of benzene rings is 2. The molecule has 2 aromatic carbocycles. The lowest BCUT2D eigenvalue weighted by Crippen LogP contribution is -2.27. The molecule has 0 spiro atoms. The van der Waals surface area contributed by atoms with Crippen LogP contribution in [0.2, 0.25) is 0 Å². The van der Waals surface area contributed by atoms with Gasteiger partial charge < -0.3 is 14.8 Å². The van der Waals surface area contributed by atoms with Crippen LogP contribution in [0.5, 0.6) is 11.5 Å². The first-order valence-electron chi connectivity index (χ1n) is 9.18. The molecule has 1 amide bonds. The van der Waals surface area contributed by atoms with Crippen LogP contribution in [0.1, 0.15) is 23.1 Å². The van der Waals surface area contributed by atoms with Crippen LogP contribution in [0.15, 0.2) is 41.3 Å². The number of amides is 1. The van der Waals surface area contributed by atoms with Crippen molar-refractivity contribution in [2.24, 2.45) is 0 Å². The van der Waals surface area contributed by atoms with Gasteiger partial charge in [-0.3, -0.25) is 4.79 Å². The number of thioether (sulfide) groups is 1. The maximum absolute atomic E-state index is 12.1. The summed E-state index contributed by atoms with van der Waals surface area (Å²) < 4.78 is 11.1. The fourth-order valence-corrected chi connectivity index (χ4v) is 4.22. The van der Waals surface area contributed by atoms with Crippen LogP contribution >= 0.6 is 11.8 Å². The van der Waals surface area contributed by atoms with E-state index in [0.29, 0.717) is 25.5 Å². The van der Waals surface area contributed by atoms with Crippen LogP contribution in [-0.4, -0.2) is 31.4 Å². The number of nitrogens with one attached hydrogen (secondary N) is 1. The average molecular weight is 369 g/mol. The molecule has 0 fully saturated rings. The van der Waals surface area contributed by atoms with Crippen molar-refractivity contribution in [2.75, 3.05) is 25.5 Å². The lowest BCUT2D eigenvalue weighted by Gasteiger charge is -2.18. The molecule has 0 unspecified atom stereocenters. The summed E-state index contributed by atoms with van der Waals surface area (Å²) in [5.74, 6) is 2.13. The molecule has 136 valence electrons. The standard InChI is InChI=1S/C21H23NO3S/c23-21(14-26-18-6-5-16-2-1-3-17(16)13-18)22-9-8-15-4-7-19-20(12-15)25-11-10-24-19/h4-7,12-13H,1-3,8-11,14H2,(H,22,23). The minimum Gasteiger partial charge on any atom is -0.486 e. The molecule has 2 aliphatic rings. The summed E-state index contributed by atoms with van der Waals surface area (Å²) >= 11 is 1.61. The normalized spacial score (nSPS) is 14.8. The SMILES string of the molecule is O=C(CSc1ccc2c(c1)CCC2)NCCc1ccc2c(c1)OCCO2. The molecule has 1 N–H and O–H groups in total. The van der Waals surface area contributed by atoms with E-state index in [1.54, 1.807) is 11.8 Å². The van der Waals surface area contributed by atoms with Gasteiger partial charge in [-0.1, -0.05) is 12.1 Å². The summed E-state index contributed by atoms with van der Waals surface area (Å²) in [4.78, 5) is 13.3. The van der Waals surface area contributed by atoms with Crippen molar-refractivity contribution in [1.82, 2.24) is 5.32 Å². The quantitative estimate of drug-likeness (QED) is 0.793. The minimum atomic E-state index is 0.0769. The van der Waals surface area contributed by atoms with Gasteiger partial charge in [0.15, 0.2) is 11.5 Å². The minimum absolute atomic E-state index is 0.0769. The molecule has 5 heteroatoms. The topological polar surface area (TPSA) is 47.6 Å². The Bertz CT molecular complexity index is 806. The third-order valence-corrected chi connectivity index (χ3v) is 5.78. The number of aryl methyl sites for hydroxylation is 2. The number of ether oxygens (including phenoxy) is 2. The summed E-state index contributed by atoms with van der Waals surface area (Å²) in [5.41, 5.74) is 4.06. The number of hydrogen-bond donors (Lipinski definition) is 1. The van der Waals surface area contributed by atoms with Crippen molar-refractivity contribution in [3.8, 4) is 11.5 Å². The highest BCUT2D eigenvalue weighted by atomic mass is 32.2. The maximum Gasteiger partial charge on any atom is 0.230 e. The zero-order valence-electron chi connectivity index (χ0n) is 14.8. The Labute approximate surface area is 158 Å². The Kier molecular flexibility index (Phi) is 5.34. The fraction of sp³-hybridized carbons (Fsp3) is 0.381. The van der Waals surface area contributed by atoms with Gasteiger partial charge in [0, 0.05) is 11.4 Å². The Morgan fingerprint density at radius 2 is 1.85 bits per heavy atom. The van der Waals surface area contributed by atoms with E-state index in [1.807, 2.05) is 18.2 Å². The van der Waals surface area contributed by atoms with E-state index >= 15 is 0 Å². The molecule has 4 rings (SSSR count). The molecule has 0 saturated heterocycles. The monoisotopic (exact) mass is 369 g/mol. The first-order chi connectivity index (χ1) is 12.8. The van der Waals surface area contributed by atoms with Crippen molar-refractivity contribution >= 4 is 17.7 Å². The Hall–Kier alpha value is -2.14. The molecule has 0 saturated carbocycles. The molecule has 0 aromatic heterocycles. The molecule has 1 aliphatic carbocycles. The number of carbonyl (C=O) groups is 1. The zero-order valence-corrected chi connectivity index (χ0v) is 15.6. The second-order valence-electron chi connectivity index (χ2n) is 6.65. The molecular weight excluding hydrogens is 346 g/mol. The number of fused-ring (bicyclic) bond motifs is 2. The molecule has 2 aromatic rings. The third-order valence-electron chi connectivity index (χ3n) is 4.78. The van der Waals surface area contributed by atoms with Gasteiger partial charge in [0.25, 0.3) is 0 Å². The molecule has 1 heterocycles. The summed E-state index contributed by atoms with van der Waals surface area (Å²) in [7, 11) is 0. The predicted octanol–water partition coefficient (Wildman–Crippen LogP) is 3.40. The van der Waals surface area contributed by atoms with Crippen LogP contribution in [0.25, 0.3) is 0 Å². The average Bonchev–Trinajstić information content (AvgIpc) is 3.14. The summed E-state index contributed by atoms with van der Waals surface area (Å²) in [6.07, 6.45) is 4.40. The smallest absolute Gasteiger partial charge is 0.230 e. The van der Waals surface area contributed by atoms with E-state index in [9.17, 15) is 4.79 Å². The van der Waals surface area contributed by atoms with E-state index in [0.717, 1.165) is 23.5 Å². The largest absolute Gasteiger partial charge is 0.486 e. The van der Waals surface area contributed by atoms with Gasteiger partial charge in [0.05, 0.1) is 5.75 Å². The molecule has 0 bridgehead atoms. The van der Waals surface area contributed by atoms with Gasteiger partial charge in [-0.05, 0) is 66.6 Å². The number of carbonyl (C=O) groups excluding carboxylic acids is 1. The number of rotatable bonds is 6. The van der Waals surface area contributed by atoms with E-state index in [-0.39, 0.29) is 5.91 Å². The van der Waals surface area contributed by atoms with Gasteiger partial charge in [0.2, 0.25) is 5.91 Å². The predicted molar refractivity (Wildman–Crippen MR) is 103 cm³/mol. The summed E-state index contributed by atoms with van der Waals surface area (Å²) in [5, 5.41) is 3.00. The molecule has 0 atom stereocenters.